The zero-order valence-corrected chi connectivity index (χ0v) is 11.5. The van der Waals surface area contributed by atoms with Crippen LogP contribution in [0.1, 0.15) is 35.5 Å². The highest BCUT2D eigenvalue weighted by Crippen LogP contribution is 2.16. The van der Waals surface area contributed by atoms with Crippen molar-refractivity contribution in [3.05, 3.63) is 51.3 Å². The molecule has 0 amide bonds. The summed E-state index contributed by atoms with van der Waals surface area (Å²) in [4.78, 5) is 23.7. The van der Waals surface area contributed by atoms with Gasteiger partial charge < -0.3 is 9.72 Å². The quantitative estimate of drug-likeness (QED) is 0.921. The summed E-state index contributed by atoms with van der Waals surface area (Å²) in [5.41, 5.74) is 2.86. The standard InChI is InChI=1S/C15H17N3O2/c1-20-14-7-6-10(9-16-14)8-13-17-12-5-3-2-4-11(12)15(19)18-13/h6-7,9H,2-5,8H2,1H3,(H,17,18,19). The van der Waals surface area contributed by atoms with Gasteiger partial charge in [-0.2, -0.15) is 0 Å². The molecule has 2 aromatic heterocycles. The summed E-state index contributed by atoms with van der Waals surface area (Å²) in [6, 6.07) is 3.75. The minimum Gasteiger partial charge on any atom is -0.481 e. The Morgan fingerprint density at radius 1 is 1.30 bits per heavy atom. The number of pyridine rings is 1. The zero-order valence-electron chi connectivity index (χ0n) is 11.5. The Bertz CT molecular complexity index is 662. The van der Waals surface area contributed by atoms with Crippen LogP contribution in [0.25, 0.3) is 0 Å². The normalized spacial score (nSPS) is 13.8. The fraction of sp³-hybridized carbons (Fsp3) is 0.400. The molecule has 0 saturated heterocycles. The Morgan fingerprint density at radius 3 is 2.90 bits per heavy atom. The molecule has 0 saturated carbocycles. The van der Waals surface area contributed by atoms with Crippen LogP contribution in [0, 0.1) is 0 Å². The molecule has 20 heavy (non-hydrogen) atoms. The van der Waals surface area contributed by atoms with Crippen LogP contribution in [0.15, 0.2) is 23.1 Å². The largest absolute Gasteiger partial charge is 0.481 e. The molecule has 1 aliphatic carbocycles. The highest BCUT2D eigenvalue weighted by Gasteiger charge is 2.15. The molecule has 0 fully saturated rings. The fourth-order valence-electron chi connectivity index (χ4n) is 2.57. The number of ether oxygens (including phenoxy) is 1. The van der Waals surface area contributed by atoms with E-state index < -0.39 is 0 Å². The number of aryl methyl sites for hydroxylation is 1. The maximum Gasteiger partial charge on any atom is 0.254 e. The zero-order chi connectivity index (χ0) is 13.9. The van der Waals surface area contributed by atoms with Gasteiger partial charge in [-0.25, -0.2) is 9.97 Å². The van der Waals surface area contributed by atoms with E-state index >= 15 is 0 Å². The van der Waals surface area contributed by atoms with Crippen LogP contribution in [0.4, 0.5) is 0 Å². The number of aromatic amines is 1. The van der Waals surface area contributed by atoms with Gasteiger partial charge in [0.05, 0.1) is 12.8 Å². The Hall–Kier alpha value is -2.17. The monoisotopic (exact) mass is 271 g/mol. The summed E-state index contributed by atoms with van der Waals surface area (Å²) < 4.78 is 5.03. The number of fused-ring (bicyclic) bond motifs is 1. The summed E-state index contributed by atoms with van der Waals surface area (Å²) in [6.07, 6.45) is 6.29. The van der Waals surface area contributed by atoms with Crippen molar-refractivity contribution in [2.24, 2.45) is 0 Å². The third-order valence-electron chi connectivity index (χ3n) is 3.62. The molecule has 104 valence electrons. The van der Waals surface area contributed by atoms with Crippen molar-refractivity contribution in [3.63, 3.8) is 0 Å². The van der Waals surface area contributed by atoms with Gasteiger partial charge in [0.2, 0.25) is 5.88 Å². The van der Waals surface area contributed by atoms with Crippen LogP contribution in [-0.4, -0.2) is 22.1 Å². The van der Waals surface area contributed by atoms with E-state index in [9.17, 15) is 4.79 Å². The number of methoxy groups -OCH3 is 1. The van der Waals surface area contributed by atoms with Crippen LogP contribution in [0.5, 0.6) is 5.88 Å². The van der Waals surface area contributed by atoms with Crippen LogP contribution in [0.3, 0.4) is 0 Å². The van der Waals surface area contributed by atoms with Crippen molar-refractivity contribution in [1.29, 1.82) is 0 Å². The van der Waals surface area contributed by atoms with Gasteiger partial charge in [0.1, 0.15) is 5.82 Å². The second-order valence-electron chi connectivity index (χ2n) is 5.03. The van der Waals surface area contributed by atoms with Crippen molar-refractivity contribution < 1.29 is 4.74 Å². The van der Waals surface area contributed by atoms with Crippen LogP contribution in [-0.2, 0) is 19.3 Å². The topological polar surface area (TPSA) is 67.9 Å². The number of hydrogen-bond acceptors (Lipinski definition) is 4. The molecule has 0 bridgehead atoms. The summed E-state index contributed by atoms with van der Waals surface area (Å²) in [5.74, 6) is 1.29. The molecule has 2 heterocycles. The number of rotatable bonds is 3. The van der Waals surface area contributed by atoms with E-state index in [2.05, 4.69) is 15.0 Å². The lowest BCUT2D eigenvalue weighted by molar-refractivity contribution is 0.397. The first kappa shape index (κ1) is 12.8. The van der Waals surface area contributed by atoms with Gasteiger partial charge >= 0.3 is 0 Å². The molecule has 5 nitrogen and oxygen atoms in total. The van der Waals surface area contributed by atoms with Crippen LogP contribution in [0.2, 0.25) is 0 Å². The van der Waals surface area contributed by atoms with E-state index in [1.165, 1.54) is 0 Å². The second-order valence-corrected chi connectivity index (χ2v) is 5.03. The van der Waals surface area contributed by atoms with Crippen molar-refractivity contribution in [1.82, 2.24) is 15.0 Å². The van der Waals surface area contributed by atoms with Crippen molar-refractivity contribution in [2.45, 2.75) is 32.1 Å². The summed E-state index contributed by atoms with van der Waals surface area (Å²) in [6.45, 7) is 0. The Kier molecular flexibility index (Phi) is 3.50. The van der Waals surface area contributed by atoms with E-state index in [4.69, 9.17) is 4.74 Å². The average molecular weight is 271 g/mol. The molecular weight excluding hydrogens is 254 g/mol. The first-order valence-corrected chi connectivity index (χ1v) is 6.86. The molecule has 3 rings (SSSR count). The van der Waals surface area contributed by atoms with Gasteiger partial charge in [-0.05, 0) is 31.2 Å². The molecule has 0 aliphatic heterocycles. The highest BCUT2D eigenvalue weighted by atomic mass is 16.5. The SMILES string of the molecule is COc1ccc(Cc2nc3c(c(=O)[nH]2)CCCC3)cn1. The van der Waals surface area contributed by atoms with Gasteiger partial charge in [-0.1, -0.05) is 6.07 Å². The van der Waals surface area contributed by atoms with Gasteiger partial charge in [0.15, 0.2) is 0 Å². The van der Waals surface area contributed by atoms with Gasteiger partial charge in [-0.15, -0.1) is 0 Å². The predicted octanol–water partition coefficient (Wildman–Crippen LogP) is 1.64. The molecular formula is C15H17N3O2. The summed E-state index contributed by atoms with van der Waals surface area (Å²) in [5, 5.41) is 0. The second kappa shape index (κ2) is 5.45. The van der Waals surface area contributed by atoms with Crippen LogP contribution < -0.4 is 10.3 Å². The minimum atomic E-state index is 0.0196. The molecule has 1 N–H and O–H groups in total. The molecule has 0 unspecified atom stereocenters. The third kappa shape index (κ3) is 2.57. The van der Waals surface area contributed by atoms with E-state index in [1.807, 2.05) is 12.1 Å². The van der Waals surface area contributed by atoms with Gasteiger partial charge in [0.25, 0.3) is 5.56 Å². The highest BCUT2D eigenvalue weighted by molar-refractivity contribution is 5.24. The van der Waals surface area contributed by atoms with Crippen molar-refractivity contribution in [2.75, 3.05) is 7.11 Å². The molecule has 0 atom stereocenters. The number of H-pyrrole nitrogens is 1. The Morgan fingerprint density at radius 2 is 2.15 bits per heavy atom. The lowest BCUT2D eigenvalue weighted by Crippen LogP contribution is -2.23. The summed E-state index contributed by atoms with van der Waals surface area (Å²) in [7, 11) is 1.59. The Balaban J connectivity index is 1.87. The molecule has 0 aromatic carbocycles. The van der Waals surface area contributed by atoms with E-state index in [-0.39, 0.29) is 5.56 Å². The number of aromatic nitrogens is 3. The van der Waals surface area contributed by atoms with Crippen molar-refractivity contribution >= 4 is 0 Å². The third-order valence-corrected chi connectivity index (χ3v) is 3.62. The van der Waals surface area contributed by atoms with E-state index in [0.717, 1.165) is 42.5 Å². The van der Waals surface area contributed by atoms with Gasteiger partial charge in [-0.3, -0.25) is 4.79 Å². The lowest BCUT2D eigenvalue weighted by atomic mass is 9.97. The van der Waals surface area contributed by atoms with Crippen molar-refractivity contribution in [3.8, 4) is 5.88 Å². The van der Waals surface area contributed by atoms with E-state index in [0.29, 0.717) is 18.1 Å². The lowest BCUT2D eigenvalue weighted by Gasteiger charge is -2.14. The molecule has 5 heteroatoms. The first-order valence-electron chi connectivity index (χ1n) is 6.86. The molecule has 0 radical (unpaired) electrons. The summed E-state index contributed by atoms with van der Waals surface area (Å²) >= 11 is 0. The van der Waals surface area contributed by atoms with Crippen LogP contribution >= 0.6 is 0 Å². The number of nitrogens with one attached hydrogen (secondary N) is 1. The van der Waals surface area contributed by atoms with E-state index in [1.54, 1.807) is 13.3 Å². The Labute approximate surface area is 117 Å². The smallest absolute Gasteiger partial charge is 0.254 e. The average Bonchev–Trinajstić information content (AvgIpc) is 2.48. The maximum absolute atomic E-state index is 12.0. The number of hydrogen-bond donors (Lipinski definition) is 1. The number of nitrogens with zero attached hydrogens (tertiary/aromatic N) is 2. The first-order chi connectivity index (χ1) is 9.76. The minimum absolute atomic E-state index is 0.0196. The molecule has 1 aliphatic rings. The molecule has 2 aromatic rings. The maximum atomic E-state index is 12.0. The fourth-order valence-corrected chi connectivity index (χ4v) is 2.57. The molecule has 0 spiro atoms. The predicted molar refractivity (Wildman–Crippen MR) is 75.1 cm³/mol. The van der Waals surface area contributed by atoms with Gasteiger partial charge in [0, 0.05) is 24.2 Å².